The maximum Gasteiger partial charge on any atom is 3.00 e. The van der Waals surface area contributed by atoms with Gasteiger partial charge < -0.3 is 77.3 Å². The van der Waals surface area contributed by atoms with Crippen LogP contribution >= 0.6 is 0 Å². The van der Waals surface area contributed by atoms with E-state index in [1.54, 1.807) is 0 Å². The quantitative estimate of drug-likeness (QED) is 0.135. The fourth-order valence-corrected chi connectivity index (χ4v) is 3.70. The topological polar surface area (TPSA) is 326 Å². The van der Waals surface area contributed by atoms with Crippen LogP contribution in [-0.4, -0.2) is 110 Å². The van der Waals surface area contributed by atoms with Gasteiger partial charge in [0.25, 0.3) is 11.8 Å². The van der Waals surface area contributed by atoms with Crippen LogP contribution in [0.25, 0.3) is 16.0 Å². The van der Waals surface area contributed by atoms with Gasteiger partial charge in [0, 0.05) is 171 Å². The van der Waals surface area contributed by atoms with Crippen LogP contribution < -0.4 is 0 Å². The summed E-state index contributed by atoms with van der Waals surface area (Å²) < 4.78 is 0. The van der Waals surface area contributed by atoms with Gasteiger partial charge >= 0.3 is 32.7 Å². The molecule has 27 heteroatoms. The monoisotopic (exact) mass is 1110 g/mol. The number of β-lactam (4-membered cyclic amide) rings is 12. The molecule has 0 saturated carbocycles. The molecule has 6 rings (SSSR count). The Hall–Kier alpha value is 0.893. The fraction of sp³-hybridized carbons (Fsp3) is 0.200. The summed E-state index contributed by atoms with van der Waals surface area (Å²) in [6.45, 7) is 0.500. The minimum atomic E-state index is -2.11. The van der Waals surface area contributed by atoms with Crippen molar-refractivity contribution in [3.05, 3.63) is 37.5 Å². The van der Waals surface area contributed by atoms with Crippen molar-refractivity contribution >= 4 is 77.4 Å². The SMILES string of the molecule is CN1C(=O)C2(C(=O)[N-]C2=O)C1=O.O.O=[C-]O.[CH2-]N1C(=O)C2(C(=O)[N-]C2=O)C1=O.[CH2-]N1C(=O)C2(C(=O)[N-]C2=O)C1=O.[CH3-].[Y+3].[Y].[Y].[Y].[Y].[Y]. The van der Waals surface area contributed by atoms with Gasteiger partial charge in [-0.3, -0.25) is 33.7 Å². The van der Waals surface area contributed by atoms with Crippen LogP contribution in [0.15, 0.2) is 0 Å². The number of carbonyl (C=O) groups excluding carboxylic acids is 12. The summed E-state index contributed by atoms with van der Waals surface area (Å²) in [7, 11) is 7.30. The Labute approximate surface area is 414 Å². The molecule has 6 aliphatic rings. The predicted molar refractivity (Wildman–Crippen MR) is 118 cm³/mol. The van der Waals surface area contributed by atoms with Crippen LogP contribution in [0.2, 0.25) is 0 Å². The molecule has 235 valence electrons. The van der Waals surface area contributed by atoms with Gasteiger partial charge in [-0.25, -0.2) is 14.1 Å². The molecule has 0 aromatic rings. The van der Waals surface area contributed by atoms with E-state index in [-0.39, 0.29) is 209 Å². The van der Waals surface area contributed by atoms with Crippen LogP contribution in [0, 0.1) is 37.8 Å². The third-order valence-electron chi connectivity index (χ3n) is 6.05. The Morgan fingerprint density at radius 1 is 0.532 bits per heavy atom. The molecule has 47 heavy (non-hydrogen) atoms. The Bertz CT molecular complexity index is 1180. The molecule has 0 aromatic heterocycles. The van der Waals surface area contributed by atoms with Crippen LogP contribution in [0.1, 0.15) is 0 Å². The Morgan fingerprint density at radius 2 is 0.681 bits per heavy atom. The van der Waals surface area contributed by atoms with Crippen molar-refractivity contribution in [3.63, 3.8) is 0 Å². The summed E-state index contributed by atoms with van der Waals surface area (Å²) in [6, 6.07) is 0. The van der Waals surface area contributed by atoms with Gasteiger partial charge in [-0.2, -0.15) is 0 Å². The van der Waals surface area contributed by atoms with Crippen molar-refractivity contribution < 1.29 is 269 Å². The molecule has 6 aliphatic heterocycles. The van der Waals surface area contributed by atoms with Crippen molar-refractivity contribution in [2.75, 3.05) is 7.05 Å². The van der Waals surface area contributed by atoms with E-state index in [0.717, 1.165) is 4.90 Å². The van der Waals surface area contributed by atoms with Gasteiger partial charge in [0.05, 0.1) is 35.4 Å². The Morgan fingerprint density at radius 3 is 0.787 bits per heavy atom. The van der Waals surface area contributed by atoms with E-state index in [9.17, 15) is 57.5 Å². The zero-order chi connectivity index (χ0) is 30.0. The molecule has 6 saturated heterocycles. The van der Waals surface area contributed by atoms with Crippen molar-refractivity contribution in [1.29, 1.82) is 0 Å². The largest absolute Gasteiger partial charge is 3.00 e. The zero-order valence-corrected chi connectivity index (χ0v) is 40.8. The second-order valence-corrected chi connectivity index (χ2v) is 7.75. The molecule has 0 bridgehead atoms. The molecule has 0 atom stereocenters. The van der Waals surface area contributed by atoms with Crippen LogP contribution in [0.4, 0.5) is 0 Å². The van der Waals surface area contributed by atoms with Crippen molar-refractivity contribution in [2.45, 2.75) is 0 Å². The van der Waals surface area contributed by atoms with Gasteiger partial charge in [0.2, 0.25) is 39.9 Å². The first-order valence-electron chi connectivity index (χ1n) is 9.64. The normalized spacial score (nSPS) is 19.6. The van der Waals surface area contributed by atoms with Gasteiger partial charge in [-0.15, -0.1) is 0 Å². The first-order valence-corrected chi connectivity index (χ1v) is 9.64. The second kappa shape index (κ2) is 21.4. The molecule has 6 heterocycles. The van der Waals surface area contributed by atoms with E-state index >= 15 is 0 Å². The minimum Gasteiger partial charge on any atom is -0.665 e. The number of hydrogen-bond donors (Lipinski definition) is 1. The van der Waals surface area contributed by atoms with Gasteiger partial charge in [0.1, 0.15) is 0 Å². The van der Waals surface area contributed by atoms with E-state index in [0.29, 0.717) is 16.3 Å². The molecule has 5 radical (unpaired) electrons. The van der Waals surface area contributed by atoms with Crippen LogP contribution in [0.3, 0.4) is 0 Å². The zero-order valence-electron chi connectivity index (χ0n) is 23.8. The number of carbonyl (C=O) groups is 12. The molecule has 0 unspecified atom stereocenters. The number of amides is 12. The van der Waals surface area contributed by atoms with Crippen molar-refractivity contribution in [1.82, 2.24) is 14.7 Å². The predicted octanol–water partition coefficient (Wildman–Crippen LogP) is -5.22. The van der Waals surface area contributed by atoms with E-state index in [1.165, 1.54) is 7.05 Å². The molecule has 3 spiro atoms. The average Bonchev–Trinajstić information content (AvgIpc) is 2.89. The fourth-order valence-electron chi connectivity index (χ4n) is 3.70. The molecule has 21 nitrogen and oxygen atoms in total. The van der Waals surface area contributed by atoms with Crippen molar-refractivity contribution in [3.8, 4) is 0 Å². The average molecular weight is 1110 g/mol. The number of imide groups is 6. The summed E-state index contributed by atoms with van der Waals surface area (Å²) in [5, 5.41) is 15.4. The van der Waals surface area contributed by atoms with Crippen LogP contribution in [0.5, 0.6) is 0 Å². The minimum absolute atomic E-state index is 0. The first-order chi connectivity index (χ1) is 18.0. The maximum absolute atomic E-state index is 11.0. The number of likely N-dealkylation sites (tertiary alicyclic amines) is 3. The molecule has 3 N–H and O–H groups in total. The smallest absolute Gasteiger partial charge is 0.665 e. The number of rotatable bonds is 0. The standard InChI is InChI=1S/C6H4N2O4.2C6H3N2O4.CHO2.CH3.H2O.6Y/c3*1-8-4(11)6(5(8)12)2(9)7-3(6)10;2-1-3;;;;;;;;/h1H3,(H,7,9,10);2*1H2,(H,7,9,10);(H,2,3);1H3;1H2;;;;;;/q;4*-1;;;;;;;+3/p-3. The summed E-state index contributed by atoms with van der Waals surface area (Å²) in [4.78, 5) is 140. The van der Waals surface area contributed by atoms with Crippen LogP contribution in [-0.2, 0) is 259 Å². The molecule has 0 aliphatic carbocycles. The van der Waals surface area contributed by atoms with E-state index in [4.69, 9.17) is 9.90 Å². The number of nitrogens with zero attached hydrogens (tertiary/aromatic N) is 6. The van der Waals surface area contributed by atoms with Gasteiger partial charge in [-0.1, -0.05) is 6.47 Å². The third kappa shape index (κ3) is 7.97. The maximum atomic E-state index is 11.0. The molecule has 12 amide bonds. The van der Waals surface area contributed by atoms with E-state index in [1.807, 2.05) is 0 Å². The Kier molecular flexibility index (Phi) is 27.4. The van der Waals surface area contributed by atoms with Crippen molar-refractivity contribution in [2.24, 2.45) is 16.2 Å². The summed E-state index contributed by atoms with van der Waals surface area (Å²) in [6.07, 6.45) is 0. The van der Waals surface area contributed by atoms with Gasteiger partial charge in [-0.05, 0) is 0 Å². The van der Waals surface area contributed by atoms with E-state index in [2.05, 4.69) is 30.0 Å². The number of hydrogen-bond acceptors (Lipinski definition) is 13. The third-order valence-corrected chi connectivity index (χ3v) is 6.05. The summed E-state index contributed by atoms with van der Waals surface area (Å²) in [5.41, 5.74) is -6.27. The second-order valence-electron chi connectivity index (χ2n) is 7.75. The molecule has 6 fully saturated rings. The van der Waals surface area contributed by atoms with Gasteiger partial charge in [0.15, 0.2) is 0 Å². The number of aliphatic hydroxyl groups excluding tert-OH is 1. The summed E-state index contributed by atoms with van der Waals surface area (Å²) in [5.74, 6) is -10.8. The summed E-state index contributed by atoms with van der Waals surface area (Å²) >= 11 is 0. The molecule has 0 aromatic carbocycles. The molecular weight excluding hydrogens is 1100 g/mol. The Balaban J connectivity index is -0.000000119. The molecular formula is C20H13N6O15Y6-4. The van der Waals surface area contributed by atoms with E-state index < -0.39 is 87.1 Å². The first kappa shape index (κ1) is 60.0.